The van der Waals surface area contributed by atoms with Crippen LogP contribution in [0, 0.1) is 0 Å². The van der Waals surface area contributed by atoms with E-state index in [9.17, 15) is 8.42 Å². The molecule has 1 fully saturated rings. The van der Waals surface area contributed by atoms with Crippen molar-refractivity contribution in [2.75, 3.05) is 30.9 Å². The van der Waals surface area contributed by atoms with Crippen molar-refractivity contribution in [1.29, 1.82) is 0 Å². The maximum Gasteiger partial charge on any atom is 0.161 e. The standard InChI is InChI=1S/C17H23N3O3S/c1-13-11-23-9-8-20(13)16-10-15(12-24(2,21)22)18-17(19-16)14-6-4-3-5-7-14/h4,6-7,10,13H,3,5,8-9,11-12H2,1-2H3/t13-/m0/s1. The molecule has 6 nitrogen and oxygen atoms in total. The van der Waals surface area contributed by atoms with Crippen LogP contribution < -0.4 is 4.90 Å². The Morgan fingerprint density at radius 1 is 1.33 bits per heavy atom. The quantitative estimate of drug-likeness (QED) is 0.828. The number of ether oxygens (including phenoxy) is 1. The van der Waals surface area contributed by atoms with Crippen LogP contribution in [0.3, 0.4) is 0 Å². The minimum absolute atomic E-state index is 0.0781. The first-order valence-electron chi connectivity index (χ1n) is 8.19. The Labute approximate surface area is 143 Å². The first kappa shape index (κ1) is 17.1. The molecule has 7 heteroatoms. The van der Waals surface area contributed by atoms with Crippen LogP contribution in [0.1, 0.15) is 31.3 Å². The van der Waals surface area contributed by atoms with Crippen LogP contribution in [0.15, 0.2) is 24.3 Å². The average Bonchev–Trinajstić information content (AvgIpc) is 2.54. The smallest absolute Gasteiger partial charge is 0.161 e. The monoisotopic (exact) mass is 349 g/mol. The molecule has 1 aliphatic carbocycles. The van der Waals surface area contributed by atoms with Crippen LogP contribution in [0.4, 0.5) is 5.82 Å². The Bertz CT molecular complexity index is 771. The molecular formula is C17H23N3O3S. The van der Waals surface area contributed by atoms with E-state index in [1.54, 1.807) is 6.07 Å². The number of allylic oxidation sites excluding steroid dienone is 4. The van der Waals surface area contributed by atoms with Gasteiger partial charge in [0.15, 0.2) is 15.7 Å². The highest BCUT2D eigenvalue weighted by molar-refractivity contribution is 7.89. The number of morpholine rings is 1. The molecule has 1 aliphatic heterocycles. The summed E-state index contributed by atoms with van der Waals surface area (Å²) in [6, 6.07) is 1.99. The number of nitrogens with zero attached hydrogens (tertiary/aromatic N) is 3. The average molecular weight is 349 g/mol. The first-order chi connectivity index (χ1) is 11.4. The molecule has 0 radical (unpaired) electrons. The van der Waals surface area contributed by atoms with Crippen molar-refractivity contribution in [2.45, 2.75) is 31.6 Å². The zero-order valence-corrected chi connectivity index (χ0v) is 14.9. The van der Waals surface area contributed by atoms with E-state index in [4.69, 9.17) is 9.72 Å². The van der Waals surface area contributed by atoms with Gasteiger partial charge in [-0.15, -0.1) is 0 Å². The number of rotatable bonds is 4. The largest absolute Gasteiger partial charge is 0.377 e. The van der Waals surface area contributed by atoms with Gasteiger partial charge >= 0.3 is 0 Å². The third-order valence-corrected chi connectivity index (χ3v) is 4.91. The van der Waals surface area contributed by atoms with Gasteiger partial charge in [0.2, 0.25) is 0 Å². The van der Waals surface area contributed by atoms with Gasteiger partial charge in [0.25, 0.3) is 0 Å². The highest BCUT2D eigenvalue weighted by Gasteiger charge is 2.22. The zero-order chi connectivity index (χ0) is 17.2. The number of hydrogen-bond donors (Lipinski definition) is 0. The third-order valence-electron chi connectivity index (χ3n) is 4.09. The van der Waals surface area contributed by atoms with Gasteiger partial charge in [-0.1, -0.05) is 18.2 Å². The second kappa shape index (κ2) is 7.03. The van der Waals surface area contributed by atoms with Gasteiger partial charge in [0.1, 0.15) is 5.82 Å². The lowest BCUT2D eigenvalue weighted by atomic mass is 10.1. The summed E-state index contributed by atoms with van der Waals surface area (Å²) in [4.78, 5) is 11.4. The number of aromatic nitrogens is 2. The van der Waals surface area contributed by atoms with Gasteiger partial charge in [-0.25, -0.2) is 18.4 Å². The fraction of sp³-hybridized carbons (Fsp3) is 0.529. The maximum absolute atomic E-state index is 11.7. The van der Waals surface area contributed by atoms with Crippen molar-refractivity contribution in [3.8, 4) is 0 Å². The van der Waals surface area contributed by atoms with Crippen molar-refractivity contribution in [3.63, 3.8) is 0 Å². The van der Waals surface area contributed by atoms with Crippen LogP contribution in [0.5, 0.6) is 0 Å². The van der Waals surface area contributed by atoms with E-state index in [-0.39, 0.29) is 11.8 Å². The van der Waals surface area contributed by atoms with Gasteiger partial charge in [-0.2, -0.15) is 0 Å². The SMILES string of the molecule is C[C@H]1COCCN1c1cc(CS(C)(=O)=O)nc(C2=CCCC=C2)n1. The summed E-state index contributed by atoms with van der Waals surface area (Å²) in [5.41, 5.74) is 1.50. The molecule has 0 spiro atoms. The molecular weight excluding hydrogens is 326 g/mol. The van der Waals surface area contributed by atoms with Crippen molar-refractivity contribution < 1.29 is 13.2 Å². The molecule has 2 heterocycles. The van der Waals surface area contributed by atoms with Gasteiger partial charge < -0.3 is 9.64 Å². The predicted octanol–water partition coefficient (Wildman–Crippen LogP) is 1.98. The molecule has 0 aromatic carbocycles. The number of anilines is 1. The van der Waals surface area contributed by atoms with Gasteiger partial charge in [-0.3, -0.25) is 0 Å². The fourth-order valence-electron chi connectivity index (χ4n) is 2.95. The Hall–Kier alpha value is -1.73. The van der Waals surface area contributed by atoms with E-state index in [0.717, 1.165) is 30.8 Å². The molecule has 24 heavy (non-hydrogen) atoms. The normalized spacial score (nSPS) is 21.7. The molecule has 0 unspecified atom stereocenters. The van der Waals surface area contributed by atoms with Crippen molar-refractivity contribution in [1.82, 2.24) is 9.97 Å². The van der Waals surface area contributed by atoms with E-state index >= 15 is 0 Å². The molecule has 0 amide bonds. The van der Waals surface area contributed by atoms with E-state index < -0.39 is 9.84 Å². The Balaban J connectivity index is 2.02. The van der Waals surface area contributed by atoms with Crippen LogP contribution in [0.2, 0.25) is 0 Å². The first-order valence-corrected chi connectivity index (χ1v) is 10.3. The number of hydrogen-bond acceptors (Lipinski definition) is 6. The van der Waals surface area contributed by atoms with E-state index in [0.29, 0.717) is 24.7 Å². The molecule has 1 aromatic heterocycles. The Morgan fingerprint density at radius 3 is 2.83 bits per heavy atom. The van der Waals surface area contributed by atoms with Crippen LogP contribution in [-0.2, 0) is 20.3 Å². The minimum atomic E-state index is -3.16. The van der Waals surface area contributed by atoms with Gasteiger partial charge in [-0.05, 0) is 19.8 Å². The molecule has 1 aromatic rings. The maximum atomic E-state index is 11.7. The second-order valence-electron chi connectivity index (χ2n) is 6.37. The molecule has 0 bridgehead atoms. The van der Waals surface area contributed by atoms with E-state index in [1.165, 1.54) is 6.26 Å². The summed E-state index contributed by atoms with van der Waals surface area (Å²) in [5.74, 6) is 1.29. The molecule has 130 valence electrons. The second-order valence-corrected chi connectivity index (χ2v) is 8.51. The Kier molecular flexibility index (Phi) is 5.01. The van der Waals surface area contributed by atoms with Crippen molar-refractivity contribution in [2.24, 2.45) is 0 Å². The lowest BCUT2D eigenvalue weighted by molar-refractivity contribution is 0.0985. The van der Waals surface area contributed by atoms with Gasteiger partial charge in [0, 0.05) is 24.4 Å². The minimum Gasteiger partial charge on any atom is -0.377 e. The molecule has 2 aliphatic rings. The molecule has 1 saturated heterocycles. The summed E-state index contributed by atoms with van der Waals surface area (Å²) in [6.45, 7) is 4.11. The molecule has 1 atom stereocenters. The molecule has 3 rings (SSSR count). The highest BCUT2D eigenvalue weighted by Crippen LogP contribution is 2.24. The third kappa shape index (κ3) is 4.21. The topological polar surface area (TPSA) is 72.4 Å². The lowest BCUT2D eigenvalue weighted by Gasteiger charge is -2.34. The Morgan fingerprint density at radius 2 is 2.17 bits per heavy atom. The summed E-state index contributed by atoms with van der Waals surface area (Å²) < 4.78 is 28.9. The lowest BCUT2D eigenvalue weighted by Crippen LogP contribution is -2.44. The summed E-state index contributed by atoms with van der Waals surface area (Å²) in [7, 11) is -3.16. The van der Waals surface area contributed by atoms with Crippen LogP contribution in [-0.4, -0.2) is 50.4 Å². The van der Waals surface area contributed by atoms with Gasteiger partial charge in [0.05, 0.1) is 30.7 Å². The predicted molar refractivity (Wildman–Crippen MR) is 94.6 cm³/mol. The van der Waals surface area contributed by atoms with Crippen LogP contribution in [0.25, 0.3) is 5.57 Å². The molecule has 0 N–H and O–H groups in total. The summed E-state index contributed by atoms with van der Waals surface area (Å²) in [5, 5.41) is 0. The fourth-order valence-corrected chi connectivity index (χ4v) is 3.63. The van der Waals surface area contributed by atoms with Crippen molar-refractivity contribution in [3.05, 3.63) is 35.8 Å². The van der Waals surface area contributed by atoms with Crippen LogP contribution >= 0.6 is 0 Å². The van der Waals surface area contributed by atoms with E-state index in [1.807, 2.05) is 6.08 Å². The van der Waals surface area contributed by atoms with E-state index in [2.05, 4.69) is 29.0 Å². The molecule has 0 saturated carbocycles. The summed E-state index contributed by atoms with van der Waals surface area (Å²) >= 11 is 0. The summed E-state index contributed by atoms with van der Waals surface area (Å²) in [6.07, 6.45) is 9.40. The highest BCUT2D eigenvalue weighted by atomic mass is 32.2. The van der Waals surface area contributed by atoms with Crippen molar-refractivity contribution >= 4 is 21.2 Å². The zero-order valence-electron chi connectivity index (χ0n) is 14.1. The number of sulfone groups is 1.